The Labute approximate surface area is 144 Å². The average Bonchev–Trinajstić information content (AvgIpc) is 2.52. The number of hydrogen-bond acceptors (Lipinski definition) is 7. The third-order valence-corrected chi connectivity index (χ3v) is 3.39. The number of aliphatic hydroxyl groups is 3. The van der Waals surface area contributed by atoms with Crippen molar-refractivity contribution < 1.29 is 52.7 Å². The monoisotopic (exact) mass is 386 g/mol. The van der Waals surface area contributed by atoms with Crippen LogP contribution in [0.2, 0.25) is 0 Å². The number of carbonyl (C=O) groups excluding carboxylic acids is 2. The van der Waals surface area contributed by atoms with Crippen LogP contribution in [-0.4, -0.2) is 81.4 Å². The Hall–Kier alpha value is -2.38. The van der Waals surface area contributed by atoms with E-state index in [1.807, 2.05) is 0 Å². The third kappa shape index (κ3) is 5.31. The fraction of sp³-hybridized carbons (Fsp3) is 0.615. The molecule has 0 saturated carbocycles. The highest BCUT2D eigenvalue weighted by Gasteiger charge is 2.48. The van der Waals surface area contributed by atoms with Gasteiger partial charge in [0, 0.05) is 6.92 Å². The molecule has 1 aliphatic rings. The first-order chi connectivity index (χ1) is 11.9. The molecule has 0 spiro atoms. The fourth-order valence-electron chi connectivity index (χ4n) is 2.23. The number of amides is 2. The zero-order chi connectivity index (χ0) is 20.2. The minimum absolute atomic E-state index is 0.736. The first kappa shape index (κ1) is 21.7. The molecule has 0 saturated heterocycles. The van der Waals surface area contributed by atoms with E-state index in [-0.39, 0.29) is 0 Å². The number of alkyl halides is 3. The van der Waals surface area contributed by atoms with E-state index in [0.717, 1.165) is 13.0 Å². The molecule has 0 fully saturated rings. The van der Waals surface area contributed by atoms with Crippen LogP contribution in [0.3, 0.4) is 0 Å². The van der Waals surface area contributed by atoms with Gasteiger partial charge in [0.1, 0.15) is 18.3 Å². The van der Waals surface area contributed by atoms with E-state index in [4.69, 9.17) is 14.9 Å². The van der Waals surface area contributed by atoms with Gasteiger partial charge in [-0.1, -0.05) is 0 Å². The molecular weight excluding hydrogens is 369 g/mol. The van der Waals surface area contributed by atoms with E-state index in [9.17, 15) is 37.8 Å². The van der Waals surface area contributed by atoms with Crippen molar-refractivity contribution in [1.29, 1.82) is 0 Å². The van der Waals surface area contributed by atoms with Crippen LogP contribution < -0.4 is 10.6 Å². The number of carbonyl (C=O) groups is 3. The number of ether oxygens (including phenoxy) is 1. The number of halogens is 3. The summed E-state index contributed by atoms with van der Waals surface area (Å²) in [5, 5.41) is 41.0. The van der Waals surface area contributed by atoms with Crippen molar-refractivity contribution >= 4 is 17.8 Å². The predicted molar refractivity (Wildman–Crippen MR) is 75.3 cm³/mol. The van der Waals surface area contributed by atoms with Crippen molar-refractivity contribution in [1.82, 2.24) is 10.6 Å². The van der Waals surface area contributed by atoms with Gasteiger partial charge in [-0.15, -0.1) is 0 Å². The van der Waals surface area contributed by atoms with Crippen molar-refractivity contribution in [3.05, 3.63) is 11.8 Å². The molecule has 13 heteroatoms. The van der Waals surface area contributed by atoms with Crippen molar-refractivity contribution in [3.8, 4) is 0 Å². The molecule has 0 bridgehead atoms. The molecule has 6 N–H and O–H groups in total. The highest BCUT2D eigenvalue weighted by Crippen LogP contribution is 2.24. The van der Waals surface area contributed by atoms with E-state index in [1.54, 1.807) is 0 Å². The maximum absolute atomic E-state index is 12.5. The molecule has 1 aliphatic heterocycles. The number of carboxylic acid groups (broad SMARTS) is 1. The molecule has 10 nitrogen and oxygen atoms in total. The highest BCUT2D eigenvalue weighted by atomic mass is 19.4. The van der Waals surface area contributed by atoms with Gasteiger partial charge in [0.15, 0.2) is 0 Å². The molecule has 5 atom stereocenters. The Morgan fingerprint density at radius 2 is 1.85 bits per heavy atom. The summed E-state index contributed by atoms with van der Waals surface area (Å²) in [4.78, 5) is 33.6. The molecule has 0 aromatic heterocycles. The molecule has 0 aromatic rings. The minimum atomic E-state index is -5.32. The van der Waals surface area contributed by atoms with Crippen LogP contribution in [0.5, 0.6) is 0 Å². The van der Waals surface area contributed by atoms with Gasteiger partial charge in [0.05, 0.1) is 18.7 Å². The topological polar surface area (TPSA) is 165 Å². The number of carboxylic acids is 1. The standard InChI is InChI=1S/C13H17F3N2O8/c1-4(20)17-5-2-7(11(23)24)26-10(9(22)6(21)3-19)8(5)18-12(25)13(14,15)16/h2,5-6,8-10,19,21-22H,3H2,1H3,(H,17,20)(H,18,25)(H,23,24)/t5-,6+,8+,9+,10+/m0/s1. The lowest BCUT2D eigenvalue weighted by Crippen LogP contribution is -2.64. The van der Waals surface area contributed by atoms with Gasteiger partial charge in [-0.25, -0.2) is 4.79 Å². The van der Waals surface area contributed by atoms with Crippen LogP contribution in [0.4, 0.5) is 13.2 Å². The minimum Gasteiger partial charge on any atom is -0.478 e. The van der Waals surface area contributed by atoms with Crippen molar-refractivity contribution in [3.63, 3.8) is 0 Å². The number of aliphatic hydroxyl groups excluding tert-OH is 3. The molecule has 2 amide bonds. The predicted octanol–water partition coefficient (Wildman–Crippen LogP) is -2.38. The molecule has 1 heterocycles. The van der Waals surface area contributed by atoms with Crippen molar-refractivity contribution in [2.75, 3.05) is 6.61 Å². The Morgan fingerprint density at radius 1 is 1.27 bits per heavy atom. The van der Waals surface area contributed by atoms with Crippen LogP contribution >= 0.6 is 0 Å². The molecule has 148 valence electrons. The Bertz CT molecular complexity index is 594. The van der Waals surface area contributed by atoms with E-state index < -0.39 is 66.7 Å². The maximum atomic E-state index is 12.5. The van der Waals surface area contributed by atoms with Gasteiger partial charge in [-0.05, 0) is 6.08 Å². The fourth-order valence-corrected chi connectivity index (χ4v) is 2.23. The summed E-state index contributed by atoms with van der Waals surface area (Å²) in [7, 11) is 0. The molecule has 0 aromatic carbocycles. The third-order valence-electron chi connectivity index (χ3n) is 3.39. The Morgan fingerprint density at radius 3 is 2.27 bits per heavy atom. The van der Waals surface area contributed by atoms with Gasteiger partial charge < -0.3 is 35.8 Å². The lowest BCUT2D eigenvalue weighted by atomic mass is 9.92. The van der Waals surface area contributed by atoms with Gasteiger partial charge in [0.25, 0.3) is 0 Å². The summed E-state index contributed by atoms with van der Waals surface area (Å²) >= 11 is 0. The number of rotatable bonds is 6. The summed E-state index contributed by atoms with van der Waals surface area (Å²) in [6.45, 7) is -0.0434. The molecule has 0 radical (unpaired) electrons. The largest absolute Gasteiger partial charge is 0.478 e. The number of nitrogens with one attached hydrogen (secondary N) is 2. The molecule has 1 rings (SSSR count). The lowest BCUT2D eigenvalue weighted by molar-refractivity contribution is -0.177. The number of aliphatic carboxylic acids is 1. The van der Waals surface area contributed by atoms with E-state index >= 15 is 0 Å². The van der Waals surface area contributed by atoms with Crippen LogP contribution in [0, 0.1) is 0 Å². The van der Waals surface area contributed by atoms with Crippen molar-refractivity contribution in [2.45, 2.75) is 43.5 Å². The zero-order valence-corrected chi connectivity index (χ0v) is 13.2. The van der Waals surface area contributed by atoms with E-state index in [2.05, 4.69) is 5.32 Å². The van der Waals surface area contributed by atoms with Crippen molar-refractivity contribution in [2.24, 2.45) is 0 Å². The first-order valence-corrected chi connectivity index (χ1v) is 7.12. The smallest absolute Gasteiger partial charge is 0.471 e. The SMILES string of the molecule is CC(=O)N[C@H]1C=C(C(=O)O)O[C@@H]([C@H](O)[C@H](O)CO)[C@@H]1NC(=O)C(F)(F)F. The summed E-state index contributed by atoms with van der Waals surface area (Å²) in [5.41, 5.74) is 0. The molecule has 26 heavy (non-hydrogen) atoms. The second kappa shape index (κ2) is 8.33. The summed E-state index contributed by atoms with van der Waals surface area (Å²) in [5.74, 6) is -5.73. The van der Waals surface area contributed by atoms with Gasteiger partial charge in [-0.3, -0.25) is 9.59 Å². The molecule has 0 unspecified atom stereocenters. The molecule has 0 aliphatic carbocycles. The highest BCUT2D eigenvalue weighted by molar-refractivity contribution is 5.86. The van der Waals surface area contributed by atoms with Crippen LogP contribution in [0.1, 0.15) is 6.92 Å². The Kier molecular flexibility index (Phi) is 6.94. The normalized spacial score (nSPS) is 25.3. The second-order valence-corrected chi connectivity index (χ2v) is 5.38. The van der Waals surface area contributed by atoms with Crippen LogP contribution in [-0.2, 0) is 19.1 Å². The number of hydrogen-bond donors (Lipinski definition) is 6. The molecular formula is C13H17F3N2O8. The average molecular weight is 386 g/mol. The van der Waals surface area contributed by atoms with Crippen LogP contribution in [0.15, 0.2) is 11.8 Å². The van der Waals surface area contributed by atoms with E-state index in [1.165, 1.54) is 5.32 Å². The summed E-state index contributed by atoms with van der Waals surface area (Å²) in [6.07, 6.45) is -10.5. The zero-order valence-electron chi connectivity index (χ0n) is 13.2. The van der Waals surface area contributed by atoms with Gasteiger partial charge in [0.2, 0.25) is 11.7 Å². The summed E-state index contributed by atoms with van der Waals surface area (Å²) in [6, 6.07) is -3.31. The maximum Gasteiger partial charge on any atom is 0.471 e. The first-order valence-electron chi connectivity index (χ1n) is 7.12. The second-order valence-electron chi connectivity index (χ2n) is 5.38. The summed E-state index contributed by atoms with van der Waals surface area (Å²) < 4.78 is 42.5. The Balaban J connectivity index is 3.31. The van der Waals surface area contributed by atoms with E-state index in [0.29, 0.717) is 0 Å². The van der Waals surface area contributed by atoms with Gasteiger partial charge in [-0.2, -0.15) is 13.2 Å². The lowest BCUT2D eigenvalue weighted by Gasteiger charge is -2.40. The van der Waals surface area contributed by atoms with Gasteiger partial charge >= 0.3 is 18.1 Å². The quantitative estimate of drug-likeness (QED) is 0.294. The van der Waals surface area contributed by atoms with Crippen LogP contribution in [0.25, 0.3) is 0 Å².